The van der Waals surface area contributed by atoms with Crippen LogP contribution in [0.1, 0.15) is 17.8 Å². The van der Waals surface area contributed by atoms with E-state index < -0.39 is 0 Å². The van der Waals surface area contributed by atoms with Crippen molar-refractivity contribution >= 4 is 6.21 Å². The van der Waals surface area contributed by atoms with Gasteiger partial charge in [-0.15, -0.1) is 0 Å². The molecule has 116 valence electrons. The van der Waals surface area contributed by atoms with E-state index in [1.807, 2.05) is 5.06 Å². The summed E-state index contributed by atoms with van der Waals surface area (Å²) in [5, 5.41) is 22.9. The molecule has 0 atom stereocenters. The fourth-order valence-electron chi connectivity index (χ4n) is 2.42. The Bertz CT molecular complexity index is 473. The molecule has 21 heavy (non-hydrogen) atoms. The largest absolute Gasteiger partial charge is 0.506 e. The van der Waals surface area contributed by atoms with Gasteiger partial charge in [-0.2, -0.15) is 5.06 Å². The number of oxime groups is 1. The molecule has 1 fully saturated rings. The molecule has 1 aliphatic heterocycles. The average molecular weight is 294 g/mol. The molecule has 7 heteroatoms. The van der Waals surface area contributed by atoms with Crippen LogP contribution in [0.5, 0.6) is 5.75 Å². The molecular weight excluding hydrogens is 272 g/mol. The number of hydrogen-bond acceptors (Lipinski definition) is 7. The van der Waals surface area contributed by atoms with Crippen molar-refractivity contribution in [2.75, 3.05) is 39.8 Å². The van der Waals surface area contributed by atoms with Gasteiger partial charge in [0.2, 0.25) is 0 Å². The Labute approximate surface area is 124 Å². The molecule has 0 aliphatic carbocycles. The maximum Gasteiger partial charge on any atom is 0.142 e. The highest BCUT2D eigenvalue weighted by atomic mass is 16.7. The van der Waals surface area contributed by atoms with Crippen LogP contribution in [0, 0.1) is 0 Å². The summed E-state index contributed by atoms with van der Waals surface area (Å²) in [6.07, 6.45) is 2.97. The zero-order chi connectivity index (χ0) is 15.1. The van der Waals surface area contributed by atoms with Crippen LogP contribution in [-0.4, -0.2) is 71.3 Å². The molecule has 1 aromatic heterocycles. The van der Waals surface area contributed by atoms with Crippen LogP contribution in [-0.2, 0) is 11.3 Å². The van der Waals surface area contributed by atoms with E-state index in [1.165, 1.54) is 0 Å². The molecular formula is C14H22N4O3. The van der Waals surface area contributed by atoms with Gasteiger partial charge in [0.15, 0.2) is 0 Å². The van der Waals surface area contributed by atoms with Crippen molar-refractivity contribution in [2.45, 2.75) is 12.8 Å². The van der Waals surface area contributed by atoms with Crippen molar-refractivity contribution in [2.24, 2.45) is 5.16 Å². The molecule has 2 N–H and O–H groups in total. The Morgan fingerprint density at radius 2 is 2.10 bits per heavy atom. The number of hydroxylamine groups is 2. The van der Waals surface area contributed by atoms with Gasteiger partial charge in [0.25, 0.3) is 0 Å². The standard InChI is InChI=1S/C14H22N4O3/c1-21-18-9-7-17(8-10-18)6-2-3-12-4-5-14(19)13(16-12)11-15-20/h4-5,11,19-20H,2-3,6-10H2,1H3/b15-11+. The lowest BCUT2D eigenvalue weighted by Crippen LogP contribution is -2.45. The van der Waals surface area contributed by atoms with E-state index in [0.717, 1.165) is 57.5 Å². The molecule has 7 nitrogen and oxygen atoms in total. The Morgan fingerprint density at radius 1 is 1.33 bits per heavy atom. The van der Waals surface area contributed by atoms with Gasteiger partial charge in [0.1, 0.15) is 11.4 Å². The highest BCUT2D eigenvalue weighted by Gasteiger charge is 2.15. The predicted molar refractivity (Wildman–Crippen MR) is 78.6 cm³/mol. The fraction of sp³-hybridized carbons (Fsp3) is 0.571. The predicted octanol–water partition coefficient (Wildman–Crippen LogP) is 0.707. The van der Waals surface area contributed by atoms with Gasteiger partial charge in [-0.1, -0.05) is 5.16 Å². The molecule has 0 aromatic carbocycles. The minimum atomic E-state index is 0.0206. The maximum absolute atomic E-state index is 9.55. The first-order valence-corrected chi connectivity index (χ1v) is 7.10. The summed E-state index contributed by atoms with van der Waals surface area (Å²) in [4.78, 5) is 11.9. The van der Waals surface area contributed by atoms with Crippen LogP contribution in [0.3, 0.4) is 0 Å². The summed E-state index contributed by atoms with van der Waals surface area (Å²) in [5.74, 6) is 0.0206. The van der Waals surface area contributed by atoms with E-state index in [-0.39, 0.29) is 5.75 Å². The zero-order valence-corrected chi connectivity index (χ0v) is 12.3. The Kier molecular flexibility index (Phi) is 5.91. The Hall–Kier alpha value is -1.70. The summed E-state index contributed by atoms with van der Waals surface area (Å²) in [7, 11) is 1.71. The van der Waals surface area contributed by atoms with Crippen molar-refractivity contribution in [1.82, 2.24) is 14.9 Å². The van der Waals surface area contributed by atoms with Gasteiger partial charge in [-0.3, -0.25) is 0 Å². The topological polar surface area (TPSA) is 81.4 Å². The van der Waals surface area contributed by atoms with Gasteiger partial charge in [0.05, 0.1) is 13.3 Å². The molecule has 0 unspecified atom stereocenters. The zero-order valence-electron chi connectivity index (χ0n) is 12.3. The van der Waals surface area contributed by atoms with Crippen molar-refractivity contribution in [1.29, 1.82) is 0 Å². The number of rotatable bonds is 6. The molecule has 0 spiro atoms. The molecule has 2 rings (SSSR count). The molecule has 1 aromatic rings. The van der Waals surface area contributed by atoms with Crippen molar-refractivity contribution in [3.05, 3.63) is 23.5 Å². The van der Waals surface area contributed by atoms with E-state index >= 15 is 0 Å². The van der Waals surface area contributed by atoms with Gasteiger partial charge < -0.3 is 20.1 Å². The first kappa shape index (κ1) is 15.7. The van der Waals surface area contributed by atoms with Gasteiger partial charge >= 0.3 is 0 Å². The summed E-state index contributed by atoms with van der Waals surface area (Å²) in [5.41, 5.74) is 1.18. The maximum atomic E-state index is 9.55. The summed E-state index contributed by atoms with van der Waals surface area (Å²) in [6, 6.07) is 3.38. The number of aromatic nitrogens is 1. The van der Waals surface area contributed by atoms with E-state index in [0.29, 0.717) is 5.69 Å². The molecule has 2 heterocycles. The number of aryl methyl sites for hydroxylation is 1. The highest BCUT2D eigenvalue weighted by molar-refractivity contribution is 5.80. The quantitative estimate of drug-likeness (QED) is 0.457. The minimum Gasteiger partial charge on any atom is -0.506 e. The molecule has 0 radical (unpaired) electrons. The number of hydrogen-bond donors (Lipinski definition) is 2. The monoisotopic (exact) mass is 294 g/mol. The van der Waals surface area contributed by atoms with Crippen LogP contribution >= 0.6 is 0 Å². The van der Waals surface area contributed by atoms with E-state index in [4.69, 9.17) is 10.0 Å². The Morgan fingerprint density at radius 3 is 2.76 bits per heavy atom. The molecule has 0 saturated carbocycles. The van der Waals surface area contributed by atoms with Crippen LogP contribution in [0.2, 0.25) is 0 Å². The van der Waals surface area contributed by atoms with Crippen molar-refractivity contribution in [3.8, 4) is 5.75 Å². The lowest BCUT2D eigenvalue weighted by atomic mass is 10.2. The Balaban J connectivity index is 1.77. The number of piperazine rings is 1. The SMILES string of the molecule is CON1CCN(CCCc2ccc(O)c(/C=N/O)n2)CC1. The average Bonchev–Trinajstić information content (AvgIpc) is 2.51. The third-order valence-corrected chi connectivity index (χ3v) is 3.64. The second-order valence-corrected chi connectivity index (χ2v) is 5.01. The van der Waals surface area contributed by atoms with Gasteiger partial charge in [-0.05, 0) is 31.5 Å². The first-order valence-electron chi connectivity index (χ1n) is 7.10. The molecule has 0 amide bonds. The highest BCUT2D eigenvalue weighted by Crippen LogP contribution is 2.14. The lowest BCUT2D eigenvalue weighted by molar-refractivity contribution is -0.151. The van der Waals surface area contributed by atoms with E-state index in [2.05, 4.69) is 15.0 Å². The molecule has 1 aliphatic rings. The van der Waals surface area contributed by atoms with Crippen LogP contribution in [0.4, 0.5) is 0 Å². The smallest absolute Gasteiger partial charge is 0.142 e. The van der Waals surface area contributed by atoms with Crippen LogP contribution in [0.15, 0.2) is 17.3 Å². The summed E-state index contributed by atoms with van der Waals surface area (Å²) < 4.78 is 0. The summed E-state index contributed by atoms with van der Waals surface area (Å²) in [6.45, 7) is 4.91. The van der Waals surface area contributed by atoms with Gasteiger partial charge in [0, 0.05) is 31.9 Å². The van der Waals surface area contributed by atoms with E-state index in [1.54, 1.807) is 19.2 Å². The second-order valence-electron chi connectivity index (χ2n) is 5.01. The molecule has 0 bridgehead atoms. The van der Waals surface area contributed by atoms with Gasteiger partial charge in [-0.25, -0.2) is 4.98 Å². The number of aromatic hydroxyl groups is 1. The third-order valence-electron chi connectivity index (χ3n) is 3.64. The second kappa shape index (κ2) is 7.92. The first-order chi connectivity index (χ1) is 10.2. The van der Waals surface area contributed by atoms with Crippen LogP contribution in [0.25, 0.3) is 0 Å². The summed E-state index contributed by atoms with van der Waals surface area (Å²) >= 11 is 0. The number of pyridine rings is 1. The van der Waals surface area contributed by atoms with E-state index in [9.17, 15) is 5.11 Å². The third kappa shape index (κ3) is 4.66. The normalized spacial score (nSPS) is 17.6. The van der Waals surface area contributed by atoms with Crippen molar-refractivity contribution in [3.63, 3.8) is 0 Å². The lowest BCUT2D eigenvalue weighted by Gasteiger charge is -2.32. The molecule has 1 saturated heterocycles. The minimum absolute atomic E-state index is 0.0206. The number of nitrogens with zero attached hydrogens (tertiary/aromatic N) is 4. The fourth-order valence-corrected chi connectivity index (χ4v) is 2.42. The van der Waals surface area contributed by atoms with Crippen LogP contribution < -0.4 is 0 Å². The van der Waals surface area contributed by atoms with Crippen molar-refractivity contribution < 1.29 is 15.2 Å².